The molecule has 5 aromatic rings. The molecule has 48 heavy (non-hydrogen) atoms. The third-order valence-corrected chi connectivity index (χ3v) is 10.7. The first-order valence-corrected chi connectivity index (χ1v) is 17.6. The van der Waals surface area contributed by atoms with Crippen molar-refractivity contribution in [2.24, 2.45) is 0 Å². The van der Waals surface area contributed by atoms with Crippen LogP contribution in [0.4, 0.5) is 17.1 Å². The highest BCUT2D eigenvalue weighted by Gasteiger charge is 2.35. The normalized spacial score (nSPS) is 14.1. The Bertz CT molecular complexity index is 1960. The number of anilines is 3. The summed E-state index contributed by atoms with van der Waals surface area (Å²) in [7, 11) is 0. The lowest BCUT2D eigenvalue weighted by molar-refractivity contribution is -0.140. The van der Waals surface area contributed by atoms with Crippen LogP contribution in [0.3, 0.4) is 0 Å². The van der Waals surface area contributed by atoms with Crippen LogP contribution in [-0.4, -0.2) is 35.0 Å². The average Bonchev–Trinajstić information content (AvgIpc) is 3.80. The molecule has 0 aliphatic carbocycles. The predicted octanol–water partition coefficient (Wildman–Crippen LogP) is 9.76. The topological polar surface area (TPSA) is 84.6 Å². The molecular formula is C40H35N3O3S2. The van der Waals surface area contributed by atoms with E-state index in [0.29, 0.717) is 24.0 Å². The molecule has 0 unspecified atom stereocenters. The molecule has 2 aromatic heterocycles. The number of amides is 2. The van der Waals surface area contributed by atoms with Gasteiger partial charge in [0.1, 0.15) is 11.6 Å². The lowest BCUT2D eigenvalue weighted by Gasteiger charge is -2.27. The van der Waals surface area contributed by atoms with Gasteiger partial charge in [0.15, 0.2) is 0 Å². The molecule has 0 fully saturated rings. The zero-order valence-electron chi connectivity index (χ0n) is 26.6. The fourth-order valence-corrected chi connectivity index (χ4v) is 7.83. The Labute approximate surface area is 289 Å². The molecule has 8 heteroatoms. The Morgan fingerprint density at radius 3 is 1.94 bits per heavy atom. The minimum Gasteiger partial charge on any atom is -0.396 e. The Kier molecular flexibility index (Phi) is 10.4. The number of aliphatic hydroxyl groups excluding tert-OH is 1. The number of unbranched alkanes of at least 4 members (excludes halogenated alkanes) is 3. The minimum absolute atomic E-state index is 0.0116. The molecule has 2 amide bonds. The first kappa shape index (κ1) is 32.9. The molecular weight excluding hydrogens is 635 g/mol. The smallest absolute Gasteiger partial charge is 0.271 e. The van der Waals surface area contributed by atoms with Gasteiger partial charge in [-0.2, -0.15) is 5.26 Å². The van der Waals surface area contributed by atoms with Crippen molar-refractivity contribution in [3.8, 4) is 26.3 Å². The molecule has 0 saturated carbocycles. The molecule has 240 valence electrons. The summed E-state index contributed by atoms with van der Waals surface area (Å²) < 4.78 is 0. The molecule has 1 N–H and O–H groups in total. The van der Waals surface area contributed by atoms with Crippen molar-refractivity contribution in [2.45, 2.75) is 32.6 Å². The third-order valence-electron chi connectivity index (χ3n) is 8.32. The summed E-state index contributed by atoms with van der Waals surface area (Å²) in [4.78, 5) is 34.1. The second-order valence-electron chi connectivity index (χ2n) is 11.5. The largest absolute Gasteiger partial charge is 0.396 e. The van der Waals surface area contributed by atoms with E-state index in [1.165, 1.54) is 4.90 Å². The summed E-state index contributed by atoms with van der Waals surface area (Å²) in [6.45, 7) is 2.05. The molecule has 0 bridgehead atoms. The van der Waals surface area contributed by atoms with E-state index in [0.717, 1.165) is 55.0 Å². The number of nitriles is 1. The molecule has 0 saturated heterocycles. The van der Waals surface area contributed by atoms with E-state index in [9.17, 15) is 14.9 Å². The molecule has 0 atom stereocenters. The van der Waals surface area contributed by atoms with Crippen LogP contribution in [0.25, 0.3) is 26.3 Å². The quantitative estimate of drug-likeness (QED) is 0.0812. The van der Waals surface area contributed by atoms with Crippen LogP contribution in [0.1, 0.15) is 37.5 Å². The highest BCUT2D eigenvalue weighted by atomic mass is 32.1. The standard InChI is InChI=1S/C40H35N3O3S2/c1-28-34(39(45)42(40(46)35(28)27-41)24-10-2-3-11-25-44)26-33-20-21-37(47-33)38-23-22-36(48-38)29-16-18-32(19-17-29)43(30-12-6-4-7-13-30)31-14-8-5-9-15-31/h4-9,12-23,26,44H,2-3,10-11,24-25H2,1H3/b34-26-. The van der Waals surface area contributed by atoms with Gasteiger partial charge in [0, 0.05) is 55.3 Å². The number of carbonyl (C=O) groups is 2. The fourth-order valence-electron chi connectivity index (χ4n) is 5.77. The number of hydrogen-bond acceptors (Lipinski definition) is 7. The molecule has 6 rings (SSSR count). The van der Waals surface area contributed by atoms with Gasteiger partial charge < -0.3 is 10.0 Å². The SMILES string of the molecule is CC1=C(C#N)C(=O)N(CCCCCCO)C(=O)/C1=C\c1ccc(-c2ccc(-c3ccc(N(c4ccccc4)c4ccccc4)cc3)s2)s1. The minimum atomic E-state index is -0.529. The van der Waals surface area contributed by atoms with Crippen molar-refractivity contribution in [2.75, 3.05) is 18.1 Å². The van der Waals surface area contributed by atoms with Gasteiger partial charge in [-0.25, -0.2) is 0 Å². The maximum atomic E-state index is 13.5. The van der Waals surface area contributed by atoms with Gasteiger partial charge in [0.05, 0.1) is 0 Å². The van der Waals surface area contributed by atoms with Gasteiger partial charge in [-0.1, -0.05) is 61.4 Å². The lowest BCUT2D eigenvalue weighted by atomic mass is 9.94. The van der Waals surface area contributed by atoms with Crippen LogP contribution in [0.5, 0.6) is 0 Å². The number of thiophene rings is 2. The van der Waals surface area contributed by atoms with Crippen molar-refractivity contribution in [1.82, 2.24) is 4.90 Å². The van der Waals surface area contributed by atoms with Gasteiger partial charge in [-0.05, 0) is 97.6 Å². The number of nitrogens with zero attached hydrogens (tertiary/aromatic N) is 3. The van der Waals surface area contributed by atoms with Crippen molar-refractivity contribution >= 4 is 57.6 Å². The number of para-hydroxylation sites is 2. The van der Waals surface area contributed by atoms with E-state index in [-0.39, 0.29) is 24.6 Å². The van der Waals surface area contributed by atoms with Gasteiger partial charge in [-0.15, -0.1) is 22.7 Å². The van der Waals surface area contributed by atoms with E-state index in [4.69, 9.17) is 5.11 Å². The Hall–Kier alpha value is -5.07. The molecule has 0 spiro atoms. The number of hydrogen-bond donors (Lipinski definition) is 1. The van der Waals surface area contributed by atoms with E-state index >= 15 is 0 Å². The lowest BCUT2D eigenvalue weighted by Crippen LogP contribution is -2.43. The molecule has 1 aliphatic heterocycles. The molecule has 3 heterocycles. The molecule has 6 nitrogen and oxygen atoms in total. The Balaban J connectivity index is 1.21. The molecule has 3 aromatic carbocycles. The van der Waals surface area contributed by atoms with Crippen LogP contribution in [-0.2, 0) is 9.59 Å². The highest BCUT2D eigenvalue weighted by molar-refractivity contribution is 7.24. The Morgan fingerprint density at radius 1 is 0.708 bits per heavy atom. The summed E-state index contributed by atoms with van der Waals surface area (Å²) in [5, 5.41) is 18.8. The zero-order valence-corrected chi connectivity index (χ0v) is 28.3. The number of carbonyl (C=O) groups excluding carboxylic acids is 2. The summed E-state index contributed by atoms with van der Waals surface area (Å²) >= 11 is 3.29. The van der Waals surface area contributed by atoms with Gasteiger partial charge in [-0.3, -0.25) is 14.5 Å². The van der Waals surface area contributed by atoms with Gasteiger partial charge in [0.2, 0.25) is 0 Å². The fraction of sp³-hybridized carbons (Fsp3) is 0.175. The van der Waals surface area contributed by atoms with Crippen molar-refractivity contribution in [3.63, 3.8) is 0 Å². The third kappa shape index (κ3) is 7.09. The summed E-state index contributed by atoms with van der Waals surface area (Å²) in [5.74, 6) is -0.897. The number of rotatable bonds is 12. The van der Waals surface area contributed by atoms with Crippen LogP contribution in [0.15, 0.2) is 126 Å². The maximum Gasteiger partial charge on any atom is 0.271 e. The summed E-state index contributed by atoms with van der Waals surface area (Å²) in [5.41, 5.74) is 5.20. The number of benzene rings is 3. The predicted molar refractivity (Wildman–Crippen MR) is 196 cm³/mol. The van der Waals surface area contributed by atoms with Crippen LogP contribution in [0, 0.1) is 11.3 Å². The molecule has 1 aliphatic rings. The van der Waals surface area contributed by atoms with E-state index in [1.807, 2.05) is 48.5 Å². The van der Waals surface area contributed by atoms with Gasteiger partial charge >= 0.3 is 0 Å². The van der Waals surface area contributed by atoms with Crippen LogP contribution < -0.4 is 4.90 Å². The first-order valence-electron chi connectivity index (χ1n) is 16.0. The first-order chi connectivity index (χ1) is 23.5. The second-order valence-corrected chi connectivity index (χ2v) is 13.7. The van der Waals surface area contributed by atoms with Crippen LogP contribution in [0.2, 0.25) is 0 Å². The monoisotopic (exact) mass is 669 g/mol. The number of aliphatic hydroxyl groups is 1. The van der Waals surface area contributed by atoms with Crippen molar-refractivity contribution in [3.05, 3.63) is 131 Å². The van der Waals surface area contributed by atoms with E-state index in [1.54, 1.807) is 35.7 Å². The second kappa shape index (κ2) is 15.2. The molecule has 0 radical (unpaired) electrons. The van der Waals surface area contributed by atoms with E-state index < -0.39 is 5.91 Å². The van der Waals surface area contributed by atoms with E-state index in [2.05, 4.69) is 71.6 Å². The van der Waals surface area contributed by atoms with Gasteiger partial charge in [0.25, 0.3) is 11.8 Å². The van der Waals surface area contributed by atoms with Crippen LogP contribution >= 0.6 is 22.7 Å². The van der Waals surface area contributed by atoms with Crippen molar-refractivity contribution in [1.29, 1.82) is 5.26 Å². The summed E-state index contributed by atoms with van der Waals surface area (Å²) in [6, 6.07) is 39.6. The number of imide groups is 1. The average molecular weight is 670 g/mol. The summed E-state index contributed by atoms with van der Waals surface area (Å²) in [6.07, 6.45) is 4.74. The van der Waals surface area contributed by atoms with Crippen molar-refractivity contribution < 1.29 is 14.7 Å². The zero-order chi connectivity index (χ0) is 33.5. The Morgan fingerprint density at radius 2 is 1.29 bits per heavy atom. The maximum absolute atomic E-state index is 13.5. The highest BCUT2D eigenvalue weighted by Crippen LogP contribution is 2.40.